The van der Waals surface area contributed by atoms with Crippen molar-refractivity contribution in [1.29, 1.82) is 0 Å². The number of nitrogens with zero attached hydrogens (tertiary/aromatic N) is 4. The maximum Gasteiger partial charge on any atom is 0.0746 e. The van der Waals surface area contributed by atoms with Crippen molar-refractivity contribution in [2.24, 2.45) is 20.0 Å². The predicted molar refractivity (Wildman–Crippen MR) is 276 cm³/mol. The van der Waals surface area contributed by atoms with E-state index in [9.17, 15) is 0 Å². The van der Waals surface area contributed by atoms with E-state index in [0.717, 1.165) is 47.9 Å². The van der Waals surface area contributed by atoms with Gasteiger partial charge in [-0.3, -0.25) is 20.0 Å². The van der Waals surface area contributed by atoms with E-state index >= 15 is 0 Å². The molecule has 0 unspecified atom stereocenters. The number of benzene rings is 10. The molecule has 11 rings (SSSR count). The second-order valence-electron chi connectivity index (χ2n) is 17.6. The molecule has 1 aliphatic heterocycles. The maximum atomic E-state index is 5.30. The molecule has 0 amide bonds. The molecule has 1 heterocycles. The molecule has 0 spiro atoms. The lowest BCUT2D eigenvalue weighted by Crippen LogP contribution is -2.01. The first-order valence-electron chi connectivity index (χ1n) is 23.3. The van der Waals surface area contributed by atoms with E-state index in [4.69, 9.17) is 20.0 Å². The SMILES string of the molecule is CC[C@H]1N=Cc2ccc3ccc4c(ccc5ccc2c3c54)C=N[C@H](CC)c2cccc(c2)[C@@H](CC)N=Cc2ccc3ccc4c(ccc5ccc2c3c54)C=N[C@H](CC)c2cccc1c2. The van der Waals surface area contributed by atoms with Crippen LogP contribution in [0.3, 0.4) is 0 Å². The first kappa shape index (κ1) is 39.8. The van der Waals surface area contributed by atoms with Gasteiger partial charge in [-0.25, -0.2) is 0 Å². The Labute approximate surface area is 375 Å². The standard InChI is InChI=1S/C60H52N4/c1-5-53-41-11-9-12-42(31-41)54(6-2)62-34-46-20-17-39-26-30-52-48(22-18-40-25-29-51(46)59(39)60(40)52)36-64-56(8-4)44-14-10-13-43(32-44)55(7-3)63-35-47-21-16-38-23-27-49-45(33-61-53)19-15-37-24-28-50(47)58(38)57(37)49/h9-36,53-56H,5-8H2,1-4H3/t53-,54-,55-,56-/m1/s1. The quantitative estimate of drug-likeness (QED) is 0.159. The summed E-state index contributed by atoms with van der Waals surface area (Å²) in [6, 6.07) is 54.1. The second kappa shape index (κ2) is 16.6. The highest BCUT2D eigenvalue weighted by molar-refractivity contribution is 6.28. The summed E-state index contributed by atoms with van der Waals surface area (Å²) in [5.41, 5.74) is 9.42. The number of rotatable bonds is 4. The third-order valence-electron chi connectivity index (χ3n) is 13.9. The molecule has 0 saturated heterocycles. The molecule has 10 aromatic rings. The fourth-order valence-electron chi connectivity index (χ4n) is 10.5. The lowest BCUT2D eigenvalue weighted by Gasteiger charge is -2.17. The largest absolute Gasteiger partial charge is 0.284 e. The number of fused-ring (bicyclic) bond motifs is 4. The van der Waals surface area contributed by atoms with Gasteiger partial charge in [0.25, 0.3) is 0 Å². The van der Waals surface area contributed by atoms with Crippen LogP contribution < -0.4 is 0 Å². The minimum absolute atomic E-state index is 0.0238. The van der Waals surface area contributed by atoms with Gasteiger partial charge in [-0.1, -0.05) is 173 Å². The van der Waals surface area contributed by atoms with Gasteiger partial charge in [0, 0.05) is 47.1 Å². The molecule has 1 aliphatic rings. The normalized spacial score (nSPS) is 18.3. The van der Waals surface area contributed by atoms with E-state index in [1.165, 1.54) is 86.9 Å². The average Bonchev–Trinajstić information content (AvgIpc) is 3.34. The van der Waals surface area contributed by atoms with Gasteiger partial charge in [-0.05, 0) is 113 Å². The lowest BCUT2D eigenvalue weighted by atomic mass is 9.90. The van der Waals surface area contributed by atoms with Gasteiger partial charge in [0.05, 0.1) is 24.2 Å². The highest BCUT2D eigenvalue weighted by Crippen LogP contribution is 2.40. The first-order chi connectivity index (χ1) is 31.5. The first-order valence-corrected chi connectivity index (χ1v) is 23.3. The van der Waals surface area contributed by atoms with Gasteiger partial charge < -0.3 is 0 Å². The molecule has 312 valence electrons. The van der Waals surface area contributed by atoms with Crippen LogP contribution in [0.15, 0.2) is 166 Å². The van der Waals surface area contributed by atoms with Crippen molar-refractivity contribution in [2.75, 3.05) is 0 Å². The molecule has 4 heteroatoms. The second-order valence-corrected chi connectivity index (χ2v) is 17.6. The van der Waals surface area contributed by atoms with Crippen LogP contribution in [-0.4, -0.2) is 24.9 Å². The lowest BCUT2D eigenvalue weighted by molar-refractivity contribution is 0.683. The van der Waals surface area contributed by atoms with Crippen LogP contribution in [0, 0.1) is 0 Å². The van der Waals surface area contributed by atoms with Crippen LogP contribution in [0.4, 0.5) is 0 Å². The van der Waals surface area contributed by atoms with E-state index in [-0.39, 0.29) is 24.2 Å². The van der Waals surface area contributed by atoms with Crippen molar-refractivity contribution in [3.05, 3.63) is 190 Å². The minimum Gasteiger partial charge on any atom is -0.284 e. The summed E-state index contributed by atoms with van der Waals surface area (Å²) in [6.45, 7) is 8.92. The summed E-state index contributed by atoms with van der Waals surface area (Å²) in [5.74, 6) is 0. The minimum atomic E-state index is 0.0238. The summed E-state index contributed by atoms with van der Waals surface area (Å²) < 4.78 is 0. The average molecular weight is 829 g/mol. The van der Waals surface area contributed by atoms with Crippen molar-refractivity contribution in [2.45, 2.75) is 77.5 Å². The van der Waals surface area contributed by atoms with Crippen molar-refractivity contribution < 1.29 is 0 Å². The van der Waals surface area contributed by atoms with E-state index in [1.807, 2.05) is 0 Å². The molecule has 10 aromatic carbocycles. The smallest absolute Gasteiger partial charge is 0.0746 e. The van der Waals surface area contributed by atoms with Crippen molar-refractivity contribution in [3.8, 4) is 0 Å². The molecule has 0 aromatic heterocycles. The van der Waals surface area contributed by atoms with E-state index in [1.54, 1.807) is 0 Å². The van der Waals surface area contributed by atoms with Gasteiger partial charge in [0.2, 0.25) is 0 Å². The molecule has 4 atom stereocenters. The van der Waals surface area contributed by atoms with Crippen LogP contribution in [0.2, 0.25) is 0 Å². The zero-order valence-corrected chi connectivity index (χ0v) is 37.1. The third kappa shape index (κ3) is 6.84. The van der Waals surface area contributed by atoms with Gasteiger partial charge in [-0.2, -0.15) is 0 Å². The summed E-state index contributed by atoms with van der Waals surface area (Å²) in [5, 5.41) is 15.0. The Hall–Kier alpha value is -7.04. The van der Waals surface area contributed by atoms with Gasteiger partial charge in [0.15, 0.2) is 0 Å². The van der Waals surface area contributed by atoms with Crippen LogP contribution >= 0.6 is 0 Å². The number of hydrogen-bond donors (Lipinski definition) is 0. The predicted octanol–water partition coefficient (Wildman–Crippen LogP) is 16.1. The van der Waals surface area contributed by atoms with Crippen molar-refractivity contribution in [1.82, 2.24) is 0 Å². The molecular weight excluding hydrogens is 777 g/mol. The Morgan fingerprint density at radius 2 is 0.531 bits per heavy atom. The van der Waals surface area contributed by atoms with Crippen LogP contribution in [0.1, 0.15) is 122 Å². The molecule has 64 heavy (non-hydrogen) atoms. The maximum absolute atomic E-state index is 5.30. The van der Waals surface area contributed by atoms with Gasteiger partial charge >= 0.3 is 0 Å². The van der Waals surface area contributed by atoms with Crippen LogP contribution in [0.25, 0.3) is 64.6 Å². The summed E-state index contributed by atoms with van der Waals surface area (Å²) in [4.78, 5) is 21.2. The summed E-state index contributed by atoms with van der Waals surface area (Å²) in [6.07, 6.45) is 12.0. The fraction of sp³-hybridized carbons (Fsp3) is 0.200. The Morgan fingerprint density at radius 3 is 0.766 bits per heavy atom. The van der Waals surface area contributed by atoms with Gasteiger partial charge in [-0.15, -0.1) is 0 Å². The fourth-order valence-corrected chi connectivity index (χ4v) is 10.5. The monoisotopic (exact) mass is 828 g/mol. The zero-order chi connectivity index (χ0) is 43.3. The van der Waals surface area contributed by atoms with Crippen LogP contribution in [-0.2, 0) is 0 Å². The molecule has 0 aliphatic carbocycles. The molecule has 0 fully saturated rings. The molecule has 0 saturated carbocycles. The molecule has 16 bridgehead atoms. The Morgan fingerprint density at radius 1 is 0.297 bits per heavy atom. The molecule has 0 N–H and O–H groups in total. The van der Waals surface area contributed by atoms with Crippen LogP contribution in [0.5, 0.6) is 0 Å². The molecular formula is C60H52N4. The van der Waals surface area contributed by atoms with Gasteiger partial charge in [0.1, 0.15) is 0 Å². The summed E-state index contributed by atoms with van der Waals surface area (Å²) >= 11 is 0. The van der Waals surface area contributed by atoms with E-state index in [0.29, 0.717) is 0 Å². The molecule has 4 nitrogen and oxygen atoms in total. The third-order valence-corrected chi connectivity index (χ3v) is 13.9. The van der Waals surface area contributed by atoms with Crippen molar-refractivity contribution in [3.63, 3.8) is 0 Å². The highest BCUT2D eigenvalue weighted by Gasteiger charge is 2.18. The number of aliphatic imine (C=N–C) groups is 4. The molecule has 0 radical (unpaired) electrons. The van der Waals surface area contributed by atoms with Crippen molar-refractivity contribution >= 4 is 89.5 Å². The zero-order valence-electron chi connectivity index (χ0n) is 37.1. The van der Waals surface area contributed by atoms with E-state index < -0.39 is 0 Å². The Kier molecular flexibility index (Phi) is 10.3. The number of hydrogen-bond acceptors (Lipinski definition) is 4. The Bertz CT molecular complexity index is 3030. The summed E-state index contributed by atoms with van der Waals surface area (Å²) in [7, 11) is 0. The Balaban J connectivity index is 1.08. The topological polar surface area (TPSA) is 49.4 Å². The highest BCUT2D eigenvalue weighted by atomic mass is 14.8. The van der Waals surface area contributed by atoms with E-state index in [2.05, 4.69) is 198 Å².